The molecule has 2 rings (SSSR count). The average Bonchev–Trinajstić information content (AvgIpc) is 2.48. The van der Waals surface area contributed by atoms with Crippen LogP contribution in [-0.2, 0) is 4.79 Å². The minimum atomic E-state index is 0.0867. The lowest BCUT2D eigenvalue weighted by molar-refractivity contribution is -0.116. The highest BCUT2D eigenvalue weighted by Gasteiger charge is 2.14. The fourth-order valence-electron chi connectivity index (χ4n) is 1.89. The molecule has 0 aliphatic rings. The van der Waals surface area contributed by atoms with Crippen LogP contribution in [0.2, 0.25) is 5.02 Å². The summed E-state index contributed by atoms with van der Waals surface area (Å²) < 4.78 is 0. The van der Waals surface area contributed by atoms with Gasteiger partial charge in [-0.05, 0) is 31.2 Å². The molecule has 2 aromatic carbocycles. The SMILES string of the molecule is CCN(C(=O)CSc1ccccc1Cl)c1ccccc1. The van der Waals surface area contributed by atoms with Crippen molar-refractivity contribution in [1.82, 2.24) is 0 Å². The van der Waals surface area contributed by atoms with Gasteiger partial charge < -0.3 is 4.90 Å². The summed E-state index contributed by atoms with van der Waals surface area (Å²) in [5.41, 5.74) is 0.930. The van der Waals surface area contributed by atoms with Crippen molar-refractivity contribution in [3.8, 4) is 0 Å². The maximum atomic E-state index is 12.3. The van der Waals surface area contributed by atoms with Crippen LogP contribution in [0.3, 0.4) is 0 Å². The predicted octanol–water partition coefficient (Wildman–Crippen LogP) is 4.49. The van der Waals surface area contributed by atoms with Gasteiger partial charge in [0, 0.05) is 17.1 Å². The van der Waals surface area contributed by atoms with Gasteiger partial charge in [0.15, 0.2) is 0 Å². The Hall–Kier alpha value is -1.45. The van der Waals surface area contributed by atoms with Gasteiger partial charge in [-0.1, -0.05) is 41.9 Å². The summed E-state index contributed by atoms with van der Waals surface area (Å²) in [7, 11) is 0. The molecule has 0 saturated heterocycles. The number of para-hydroxylation sites is 1. The number of amides is 1. The van der Waals surface area contributed by atoms with E-state index in [1.807, 2.05) is 61.5 Å². The molecule has 0 radical (unpaired) electrons. The summed E-state index contributed by atoms with van der Waals surface area (Å²) in [5, 5.41) is 0.688. The Kier molecular flexibility index (Phi) is 5.50. The zero-order chi connectivity index (χ0) is 14.4. The highest BCUT2D eigenvalue weighted by molar-refractivity contribution is 8.00. The van der Waals surface area contributed by atoms with Crippen molar-refractivity contribution in [3.05, 3.63) is 59.6 Å². The van der Waals surface area contributed by atoms with Crippen LogP contribution in [0.15, 0.2) is 59.5 Å². The fourth-order valence-corrected chi connectivity index (χ4v) is 3.00. The molecule has 0 fully saturated rings. The lowest BCUT2D eigenvalue weighted by Gasteiger charge is -2.20. The summed E-state index contributed by atoms with van der Waals surface area (Å²) >= 11 is 7.56. The van der Waals surface area contributed by atoms with Crippen LogP contribution in [0, 0.1) is 0 Å². The second kappa shape index (κ2) is 7.36. The molecule has 2 aromatic rings. The molecule has 0 aliphatic carbocycles. The molecule has 0 atom stereocenters. The van der Waals surface area contributed by atoms with E-state index in [9.17, 15) is 4.79 Å². The van der Waals surface area contributed by atoms with Crippen LogP contribution >= 0.6 is 23.4 Å². The maximum Gasteiger partial charge on any atom is 0.237 e. The van der Waals surface area contributed by atoms with Crippen molar-refractivity contribution in [2.75, 3.05) is 17.2 Å². The summed E-state index contributed by atoms with van der Waals surface area (Å²) in [5.74, 6) is 0.468. The van der Waals surface area contributed by atoms with Gasteiger partial charge >= 0.3 is 0 Å². The van der Waals surface area contributed by atoms with Crippen LogP contribution in [-0.4, -0.2) is 18.2 Å². The van der Waals surface area contributed by atoms with Crippen molar-refractivity contribution < 1.29 is 4.79 Å². The molecule has 0 unspecified atom stereocenters. The lowest BCUT2D eigenvalue weighted by Crippen LogP contribution is -2.32. The molecular formula is C16H16ClNOS. The molecule has 104 valence electrons. The van der Waals surface area contributed by atoms with Crippen LogP contribution in [0.5, 0.6) is 0 Å². The van der Waals surface area contributed by atoms with E-state index in [4.69, 9.17) is 11.6 Å². The number of hydrogen-bond donors (Lipinski definition) is 0. The molecule has 0 N–H and O–H groups in total. The number of benzene rings is 2. The summed E-state index contributed by atoms with van der Waals surface area (Å²) in [6, 6.07) is 17.3. The summed E-state index contributed by atoms with van der Waals surface area (Å²) in [6.07, 6.45) is 0. The number of hydrogen-bond acceptors (Lipinski definition) is 2. The van der Waals surface area contributed by atoms with E-state index in [0.717, 1.165) is 10.6 Å². The van der Waals surface area contributed by atoms with E-state index in [-0.39, 0.29) is 5.91 Å². The van der Waals surface area contributed by atoms with Crippen LogP contribution in [0.1, 0.15) is 6.92 Å². The number of halogens is 1. The van der Waals surface area contributed by atoms with E-state index >= 15 is 0 Å². The van der Waals surface area contributed by atoms with E-state index in [2.05, 4.69) is 0 Å². The molecule has 4 heteroatoms. The monoisotopic (exact) mass is 305 g/mol. The van der Waals surface area contributed by atoms with Crippen molar-refractivity contribution in [3.63, 3.8) is 0 Å². The lowest BCUT2D eigenvalue weighted by atomic mass is 10.3. The molecule has 0 saturated carbocycles. The normalized spacial score (nSPS) is 10.3. The zero-order valence-corrected chi connectivity index (χ0v) is 12.8. The molecule has 20 heavy (non-hydrogen) atoms. The van der Waals surface area contributed by atoms with E-state index in [1.165, 1.54) is 11.8 Å². The van der Waals surface area contributed by atoms with Gasteiger partial charge in [0.2, 0.25) is 5.91 Å². The van der Waals surface area contributed by atoms with Gasteiger partial charge in [-0.2, -0.15) is 0 Å². The first-order chi connectivity index (χ1) is 9.72. The van der Waals surface area contributed by atoms with Crippen molar-refractivity contribution in [1.29, 1.82) is 0 Å². The van der Waals surface area contributed by atoms with E-state index < -0.39 is 0 Å². The van der Waals surface area contributed by atoms with E-state index in [1.54, 1.807) is 4.90 Å². The largest absolute Gasteiger partial charge is 0.312 e. The Morgan fingerprint density at radius 2 is 1.75 bits per heavy atom. The topological polar surface area (TPSA) is 20.3 Å². The first-order valence-electron chi connectivity index (χ1n) is 6.45. The number of thioether (sulfide) groups is 1. The molecule has 0 aromatic heterocycles. The second-order valence-corrected chi connectivity index (χ2v) is 5.62. The minimum Gasteiger partial charge on any atom is -0.312 e. The molecule has 0 bridgehead atoms. The van der Waals surface area contributed by atoms with E-state index in [0.29, 0.717) is 17.3 Å². The van der Waals surface area contributed by atoms with Gasteiger partial charge in [0.05, 0.1) is 10.8 Å². The Morgan fingerprint density at radius 1 is 1.10 bits per heavy atom. The highest BCUT2D eigenvalue weighted by Crippen LogP contribution is 2.27. The third-order valence-electron chi connectivity index (χ3n) is 2.87. The van der Waals surface area contributed by atoms with Crippen LogP contribution in [0.4, 0.5) is 5.69 Å². The Labute approximate surface area is 128 Å². The van der Waals surface area contributed by atoms with Crippen molar-refractivity contribution >= 4 is 35.0 Å². The number of carbonyl (C=O) groups is 1. The summed E-state index contributed by atoms with van der Waals surface area (Å²) in [4.78, 5) is 15.0. The third kappa shape index (κ3) is 3.78. The molecule has 0 spiro atoms. The van der Waals surface area contributed by atoms with Gasteiger partial charge in [-0.25, -0.2) is 0 Å². The third-order valence-corrected chi connectivity index (χ3v) is 4.37. The average molecular weight is 306 g/mol. The number of anilines is 1. The predicted molar refractivity (Wildman–Crippen MR) is 86.6 cm³/mol. The van der Waals surface area contributed by atoms with Gasteiger partial charge in [-0.3, -0.25) is 4.79 Å². The van der Waals surface area contributed by atoms with Crippen LogP contribution < -0.4 is 4.90 Å². The van der Waals surface area contributed by atoms with Gasteiger partial charge in [-0.15, -0.1) is 11.8 Å². The summed E-state index contributed by atoms with van der Waals surface area (Å²) in [6.45, 7) is 2.64. The standard InChI is InChI=1S/C16H16ClNOS/c1-2-18(13-8-4-3-5-9-13)16(19)12-20-15-11-7-6-10-14(15)17/h3-11H,2,12H2,1H3. The van der Waals surface area contributed by atoms with Gasteiger partial charge in [0.25, 0.3) is 0 Å². The molecule has 2 nitrogen and oxygen atoms in total. The minimum absolute atomic E-state index is 0.0867. The highest BCUT2D eigenvalue weighted by atomic mass is 35.5. The first-order valence-corrected chi connectivity index (χ1v) is 7.81. The van der Waals surface area contributed by atoms with Crippen LogP contribution in [0.25, 0.3) is 0 Å². The molecule has 1 amide bonds. The maximum absolute atomic E-state index is 12.3. The van der Waals surface area contributed by atoms with Gasteiger partial charge in [0.1, 0.15) is 0 Å². The number of nitrogens with zero attached hydrogens (tertiary/aromatic N) is 1. The number of rotatable bonds is 5. The quantitative estimate of drug-likeness (QED) is 0.759. The zero-order valence-electron chi connectivity index (χ0n) is 11.3. The Morgan fingerprint density at radius 3 is 2.40 bits per heavy atom. The number of carbonyl (C=O) groups excluding carboxylic acids is 1. The fraction of sp³-hybridized carbons (Fsp3) is 0.188. The molecule has 0 aliphatic heterocycles. The molecule has 0 heterocycles. The molecular weight excluding hydrogens is 290 g/mol. The van der Waals surface area contributed by atoms with Crippen molar-refractivity contribution in [2.45, 2.75) is 11.8 Å². The Balaban J connectivity index is 2.02. The first kappa shape index (κ1) is 14.9. The smallest absolute Gasteiger partial charge is 0.237 e. The van der Waals surface area contributed by atoms with Crippen molar-refractivity contribution in [2.24, 2.45) is 0 Å². The second-order valence-electron chi connectivity index (χ2n) is 4.19. The Bertz CT molecular complexity index is 574.